The Morgan fingerprint density at radius 1 is 1.24 bits per heavy atom. The van der Waals surface area contributed by atoms with Crippen molar-refractivity contribution in [1.29, 1.82) is 0 Å². The molecular weight excluding hydrogens is 328 g/mol. The molecule has 1 atom stereocenters. The van der Waals surface area contributed by atoms with Crippen LogP contribution in [0.25, 0.3) is 10.9 Å². The van der Waals surface area contributed by atoms with Gasteiger partial charge in [-0.1, -0.05) is 18.2 Å². The van der Waals surface area contributed by atoms with Crippen molar-refractivity contribution in [1.82, 2.24) is 15.3 Å². The fourth-order valence-electron chi connectivity index (χ4n) is 2.41. The molecule has 0 amide bonds. The molecule has 4 nitrogen and oxygen atoms in total. The first kappa shape index (κ1) is 14.0. The maximum Gasteiger partial charge on any atom is 0.0796 e. The number of anilines is 1. The number of para-hydroxylation sites is 1. The summed E-state index contributed by atoms with van der Waals surface area (Å²) in [5.74, 6) is 0. The van der Waals surface area contributed by atoms with Crippen LogP contribution in [0.15, 0.2) is 53.3 Å². The van der Waals surface area contributed by atoms with Crippen molar-refractivity contribution >= 4 is 32.5 Å². The minimum Gasteiger partial charge on any atom is -0.398 e. The van der Waals surface area contributed by atoms with Gasteiger partial charge in [-0.3, -0.25) is 4.98 Å². The Hall–Kier alpha value is -1.98. The third kappa shape index (κ3) is 2.62. The molecule has 0 radical (unpaired) electrons. The molecule has 0 fully saturated rings. The Bertz CT molecular complexity index is 788. The minimum atomic E-state index is -0.113. The highest BCUT2D eigenvalue weighted by atomic mass is 79.9. The van der Waals surface area contributed by atoms with Crippen LogP contribution in [0.4, 0.5) is 5.69 Å². The fourth-order valence-corrected chi connectivity index (χ4v) is 2.97. The predicted molar refractivity (Wildman–Crippen MR) is 89.0 cm³/mol. The first-order valence-electron chi connectivity index (χ1n) is 6.62. The molecule has 0 saturated heterocycles. The second kappa shape index (κ2) is 5.79. The van der Waals surface area contributed by atoms with E-state index in [1.807, 2.05) is 31.3 Å². The molecule has 0 aliphatic heterocycles. The number of nitrogens with one attached hydrogen (secondary N) is 1. The van der Waals surface area contributed by atoms with Gasteiger partial charge < -0.3 is 11.1 Å². The second-order valence-electron chi connectivity index (χ2n) is 4.77. The van der Waals surface area contributed by atoms with E-state index in [0.717, 1.165) is 26.6 Å². The predicted octanol–water partition coefficient (Wildman–Crippen LogP) is 3.28. The first-order chi connectivity index (χ1) is 10.2. The molecule has 21 heavy (non-hydrogen) atoms. The molecule has 0 aliphatic rings. The summed E-state index contributed by atoms with van der Waals surface area (Å²) in [6.07, 6.45) is 3.47. The van der Waals surface area contributed by atoms with Crippen molar-refractivity contribution in [3.05, 3.63) is 64.5 Å². The third-order valence-corrected chi connectivity index (χ3v) is 4.10. The quantitative estimate of drug-likeness (QED) is 0.766. The van der Waals surface area contributed by atoms with Crippen LogP contribution in [-0.2, 0) is 0 Å². The molecule has 0 bridgehead atoms. The van der Waals surface area contributed by atoms with Gasteiger partial charge in [-0.25, -0.2) is 4.98 Å². The summed E-state index contributed by atoms with van der Waals surface area (Å²) in [5.41, 5.74) is 9.55. The van der Waals surface area contributed by atoms with Crippen LogP contribution in [-0.4, -0.2) is 17.0 Å². The van der Waals surface area contributed by atoms with E-state index in [-0.39, 0.29) is 6.04 Å². The lowest BCUT2D eigenvalue weighted by molar-refractivity contribution is 0.670. The Labute approximate surface area is 131 Å². The van der Waals surface area contributed by atoms with Crippen LogP contribution in [0.3, 0.4) is 0 Å². The monoisotopic (exact) mass is 342 g/mol. The van der Waals surface area contributed by atoms with Crippen molar-refractivity contribution in [3.63, 3.8) is 0 Å². The van der Waals surface area contributed by atoms with Gasteiger partial charge >= 0.3 is 0 Å². The molecule has 0 saturated carbocycles. The number of nitrogen functional groups attached to an aromatic ring is 1. The Morgan fingerprint density at radius 3 is 2.81 bits per heavy atom. The molecule has 0 spiro atoms. The summed E-state index contributed by atoms with van der Waals surface area (Å²) >= 11 is 3.62. The number of nitrogens with two attached hydrogens (primary N) is 1. The van der Waals surface area contributed by atoms with Crippen LogP contribution in [0.5, 0.6) is 0 Å². The number of nitrogens with zero attached hydrogens (tertiary/aromatic N) is 2. The van der Waals surface area contributed by atoms with E-state index >= 15 is 0 Å². The number of rotatable bonds is 3. The highest BCUT2D eigenvalue weighted by molar-refractivity contribution is 9.10. The van der Waals surface area contributed by atoms with E-state index in [9.17, 15) is 0 Å². The molecule has 2 heterocycles. The summed E-state index contributed by atoms with van der Waals surface area (Å²) in [6.45, 7) is 0. The molecule has 3 N–H and O–H groups in total. The van der Waals surface area contributed by atoms with Crippen LogP contribution >= 0.6 is 15.9 Å². The van der Waals surface area contributed by atoms with Crippen LogP contribution in [0.1, 0.15) is 17.3 Å². The average molecular weight is 343 g/mol. The second-order valence-corrected chi connectivity index (χ2v) is 5.63. The van der Waals surface area contributed by atoms with Crippen LogP contribution in [0, 0.1) is 0 Å². The van der Waals surface area contributed by atoms with Gasteiger partial charge in [0.2, 0.25) is 0 Å². The zero-order valence-electron chi connectivity index (χ0n) is 11.5. The maximum atomic E-state index is 6.07. The number of hydrogen-bond acceptors (Lipinski definition) is 4. The van der Waals surface area contributed by atoms with Crippen molar-refractivity contribution in [2.75, 3.05) is 12.8 Å². The summed E-state index contributed by atoms with van der Waals surface area (Å²) in [7, 11) is 1.89. The van der Waals surface area contributed by atoms with Gasteiger partial charge in [-0.2, -0.15) is 0 Å². The third-order valence-electron chi connectivity index (χ3n) is 3.46. The Balaban J connectivity index is 2.17. The largest absolute Gasteiger partial charge is 0.398 e. The molecule has 3 aromatic rings. The van der Waals surface area contributed by atoms with E-state index in [1.54, 1.807) is 18.5 Å². The standard InChI is InChI=1S/C16H15BrN4/c1-19-15(11-9-20-7-6-13(11)18)16-12(17)8-10-4-2-3-5-14(10)21-16/h2-9,15,19H,1H3,(H2,18,20). The zero-order valence-corrected chi connectivity index (χ0v) is 13.1. The van der Waals surface area contributed by atoms with Crippen LogP contribution < -0.4 is 11.1 Å². The number of fused-ring (bicyclic) bond motifs is 1. The number of halogens is 1. The van der Waals surface area contributed by atoms with Gasteiger partial charge in [0.25, 0.3) is 0 Å². The summed E-state index contributed by atoms with van der Waals surface area (Å²) < 4.78 is 0.948. The summed E-state index contributed by atoms with van der Waals surface area (Å²) in [5, 5.41) is 4.37. The molecule has 1 unspecified atom stereocenters. The van der Waals surface area contributed by atoms with Gasteiger partial charge in [0.05, 0.1) is 17.3 Å². The topological polar surface area (TPSA) is 63.8 Å². The summed E-state index contributed by atoms with van der Waals surface area (Å²) in [6, 6.07) is 11.8. The lowest BCUT2D eigenvalue weighted by atomic mass is 10.0. The highest BCUT2D eigenvalue weighted by Crippen LogP contribution is 2.31. The number of benzene rings is 1. The highest BCUT2D eigenvalue weighted by Gasteiger charge is 2.19. The molecule has 1 aromatic carbocycles. The SMILES string of the molecule is CNC(c1cnccc1N)c1nc2ccccc2cc1Br. The van der Waals surface area contributed by atoms with Crippen molar-refractivity contribution < 1.29 is 0 Å². The van der Waals surface area contributed by atoms with E-state index in [1.165, 1.54) is 0 Å². The fraction of sp³-hybridized carbons (Fsp3) is 0.125. The number of hydrogen-bond donors (Lipinski definition) is 2. The van der Waals surface area contributed by atoms with Crippen LogP contribution in [0.2, 0.25) is 0 Å². The molecule has 2 aromatic heterocycles. The van der Waals surface area contributed by atoms with Gasteiger partial charge in [0.15, 0.2) is 0 Å². The lowest BCUT2D eigenvalue weighted by Crippen LogP contribution is -2.21. The lowest BCUT2D eigenvalue weighted by Gasteiger charge is -2.19. The van der Waals surface area contributed by atoms with Gasteiger partial charge in [-0.05, 0) is 41.2 Å². The normalized spacial score (nSPS) is 12.5. The zero-order chi connectivity index (χ0) is 14.8. The van der Waals surface area contributed by atoms with Crippen molar-refractivity contribution in [3.8, 4) is 0 Å². The van der Waals surface area contributed by atoms with E-state index in [4.69, 9.17) is 10.7 Å². The Kier molecular flexibility index (Phi) is 3.86. The molecular formula is C16H15BrN4. The van der Waals surface area contributed by atoms with Gasteiger partial charge in [0, 0.05) is 33.5 Å². The molecule has 5 heteroatoms. The Morgan fingerprint density at radius 2 is 2.05 bits per heavy atom. The van der Waals surface area contributed by atoms with Gasteiger partial charge in [0.1, 0.15) is 0 Å². The molecule has 106 valence electrons. The smallest absolute Gasteiger partial charge is 0.0796 e. The average Bonchev–Trinajstić information content (AvgIpc) is 2.50. The minimum absolute atomic E-state index is 0.113. The first-order valence-corrected chi connectivity index (χ1v) is 7.42. The van der Waals surface area contributed by atoms with E-state index in [2.05, 4.69) is 32.3 Å². The molecule has 3 rings (SSSR count). The van der Waals surface area contributed by atoms with Gasteiger partial charge in [-0.15, -0.1) is 0 Å². The van der Waals surface area contributed by atoms with E-state index < -0.39 is 0 Å². The van der Waals surface area contributed by atoms with Crippen molar-refractivity contribution in [2.45, 2.75) is 6.04 Å². The number of aromatic nitrogens is 2. The van der Waals surface area contributed by atoms with E-state index in [0.29, 0.717) is 5.69 Å². The number of pyridine rings is 2. The summed E-state index contributed by atoms with van der Waals surface area (Å²) in [4.78, 5) is 8.94. The molecule has 0 aliphatic carbocycles. The maximum absolute atomic E-state index is 6.07. The van der Waals surface area contributed by atoms with Crippen molar-refractivity contribution in [2.24, 2.45) is 0 Å².